The van der Waals surface area contributed by atoms with Crippen LogP contribution in [0.2, 0.25) is 0 Å². The van der Waals surface area contributed by atoms with Crippen LogP contribution in [-0.2, 0) is 10.0 Å². The lowest BCUT2D eigenvalue weighted by Gasteiger charge is -2.11. The number of nitrogen functional groups attached to an aromatic ring is 1. The second-order valence-electron chi connectivity index (χ2n) is 4.19. The summed E-state index contributed by atoms with van der Waals surface area (Å²) in [5.74, 6) is 0.323. The molecule has 112 valence electrons. The number of nitro groups is 1. The lowest BCUT2D eigenvalue weighted by atomic mass is 10.3. The summed E-state index contributed by atoms with van der Waals surface area (Å²) in [5, 5.41) is 16.9. The van der Waals surface area contributed by atoms with Crippen molar-refractivity contribution in [2.24, 2.45) is 0 Å². The SMILES string of the molecule is CC(NS(=O)(=O)c1ccc(N)c([N+](=O)[O-])c1)c1ncn[nH]1. The molecule has 11 heteroatoms. The Kier molecular flexibility index (Phi) is 3.86. The van der Waals surface area contributed by atoms with Crippen LogP contribution in [-0.4, -0.2) is 28.5 Å². The number of aromatic nitrogens is 3. The molecule has 1 aromatic carbocycles. The van der Waals surface area contributed by atoms with Crippen molar-refractivity contribution in [2.75, 3.05) is 5.73 Å². The highest BCUT2D eigenvalue weighted by molar-refractivity contribution is 7.89. The predicted molar refractivity (Wildman–Crippen MR) is 72.6 cm³/mol. The van der Waals surface area contributed by atoms with Crippen LogP contribution in [0.15, 0.2) is 29.4 Å². The van der Waals surface area contributed by atoms with E-state index in [4.69, 9.17) is 5.73 Å². The normalized spacial score (nSPS) is 13.0. The minimum atomic E-state index is -3.96. The maximum atomic E-state index is 12.2. The monoisotopic (exact) mass is 312 g/mol. The standard InChI is InChI=1S/C10H12N6O4S/c1-6(10-12-5-13-14-10)15-21(19,20)7-2-3-8(11)9(4-7)16(17)18/h2-6,15H,11H2,1H3,(H,12,13,14). The molecule has 0 spiro atoms. The van der Waals surface area contributed by atoms with Crippen LogP contribution in [0, 0.1) is 10.1 Å². The largest absolute Gasteiger partial charge is 0.393 e. The average Bonchev–Trinajstić information content (AvgIpc) is 2.92. The van der Waals surface area contributed by atoms with Gasteiger partial charge in [-0.05, 0) is 19.1 Å². The molecular formula is C10H12N6O4S. The van der Waals surface area contributed by atoms with E-state index in [2.05, 4.69) is 19.9 Å². The zero-order valence-corrected chi connectivity index (χ0v) is 11.7. The molecule has 10 nitrogen and oxygen atoms in total. The average molecular weight is 312 g/mol. The van der Waals surface area contributed by atoms with Crippen molar-refractivity contribution < 1.29 is 13.3 Å². The molecular weight excluding hydrogens is 300 g/mol. The summed E-state index contributed by atoms with van der Waals surface area (Å²) in [5.41, 5.74) is 4.86. The van der Waals surface area contributed by atoms with Crippen LogP contribution < -0.4 is 10.5 Å². The Morgan fingerprint density at radius 2 is 2.19 bits per heavy atom. The van der Waals surface area contributed by atoms with Crippen molar-refractivity contribution in [2.45, 2.75) is 17.9 Å². The second-order valence-corrected chi connectivity index (χ2v) is 5.91. The van der Waals surface area contributed by atoms with E-state index in [0.29, 0.717) is 5.82 Å². The summed E-state index contributed by atoms with van der Waals surface area (Å²) in [4.78, 5) is 13.6. The van der Waals surface area contributed by atoms with Crippen LogP contribution >= 0.6 is 0 Å². The first-order valence-corrected chi connectivity index (χ1v) is 7.21. The summed E-state index contributed by atoms with van der Waals surface area (Å²) >= 11 is 0. The molecule has 1 unspecified atom stereocenters. The van der Waals surface area contributed by atoms with E-state index in [1.807, 2.05) is 0 Å². The van der Waals surface area contributed by atoms with Crippen LogP contribution in [0.1, 0.15) is 18.8 Å². The van der Waals surface area contributed by atoms with Gasteiger partial charge in [0.2, 0.25) is 10.0 Å². The van der Waals surface area contributed by atoms with Gasteiger partial charge in [0.15, 0.2) is 0 Å². The Labute approximate surface area is 119 Å². The summed E-state index contributed by atoms with van der Waals surface area (Å²) in [6.45, 7) is 1.56. The van der Waals surface area contributed by atoms with Crippen LogP contribution in [0.4, 0.5) is 11.4 Å². The first-order valence-electron chi connectivity index (χ1n) is 5.73. The van der Waals surface area contributed by atoms with Gasteiger partial charge in [-0.1, -0.05) is 0 Å². The second kappa shape index (κ2) is 5.46. The van der Waals surface area contributed by atoms with E-state index in [1.165, 1.54) is 18.5 Å². The predicted octanol–water partition coefficient (Wildman–Crippen LogP) is 0.335. The van der Waals surface area contributed by atoms with Crippen molar-refractivity contribution in [3.63, 3.8) is 0 Å². The summed E-state index contributed by atoms with van der Waals surface area (Å²) in [6, 6.07) is 2.60. The minimum Gasteiger partial charge on any atom is -0.393 e. The number of hydrogen-bond acceptors (Lipinski definition) is 7. The van der Waals surface area contributed by atoms with Crippen molar-refractivity contribution in [3.05, 3.63) is 40.5 Å². The van der Waals surface area contributed by atoms with Gasteiger partial charge in [-0.2, -0.15) is 5.10 Å². The van der Waals surface area contributed by atoms with Gasteiger partial charge in [-0.25, -0.2) is 18.1 Å². The highest BCUT2D eigenvalue weighted by atomic mass is 32.2. The van der Waals surface area contributed by atoms with Gasteiger partial charge in [0, 0.05) is 6.07 Å². The third-order valence-electron chi connectivity index (χ3n) is 2.68. The number of aromatic amines is 1. The smallest absolute Gasteiger partial charge is 0.293 e. The maximum Gasteiger partial charge on any atom is 0.293 e. The summed E-state index contributed by atoms with van der Waals surface area (Å²) < 4.78 is 26.7. The highest BCUT2D eigenvalue weighted by Crippen LogP contribution is 2.25. The number of sulfonamides is 1. The fraction of sp³-hybridized carbons (Fsp3) is 0.200. The van der Waals surface area contributed by atoms with Gasteiger partial charge in [0.25, 0.3) is 5.69 Å². The van der Waals surface area contributed by atoms with Crippen molar-refractivity contribution in [3.8, 4) is 0 Å². The van der Waals surface area contributed by atoms with Gasteiger partial charge < -0.3 is 5.73 Å². The van der Waals surface area contributed by atoms with E-state index in [-0.39, 0.29) is 10.6 Å². The van der Waals surface area contributed by atoms with Crippen molar-refractivity contribution in [1.29, 1.82) is 0 Å². The molecule has 21 heavy (non-hydrogen) atoms. The Morgan fingerprint density at radius 1 is 1.48 bits per heavy atom. The third kappa shape index (κ3) is 3.14. The molecule has 0 aliphatic carbocycles. The Balaban J connectivity index is 2.32. The van der Waals surface area contributed by atoms with Gasteiger partial charge in [0.05, 0.1) is 15.9 Å². The molecule has 0 saturated heterocycles. The van der Waals surface area contributed by atoms with Crippen molar-refractivity contribution in [1.82, 2.24) is 19.9 Å². The molecule has 0 radical (unpaired) electrons. The number of nitrogens with zero attached hydrogens (tertiary/aromatic N) is 3. The number of nitrogens with one attached hydrogen (secondary N) is 2. The Hall–Kier alpha value is -2.53. The van der Waals surface area contributed by atoms with E-state index in [1.54, 1.807) is 6.92 Å². The van der Waals surface area contributed by atoms with Crippen molar-refractivity contribution >= 4 is 21.4 Å². The maximum absolute atomic E-state index is 12.2. The zero-order valence-electron chi connectivity index (χ0n) is 10.8. The molecule has 4 N–H and O–H groups in total. The fourth-order valence-electron chi connectivity index (χ4n) is 1.63. The van der Waals surface area contributed by atoms with Gasteiger partial charge in [-0.3, -0.25) is 15.2 Å². The van der Waals surface area contributed by atoms with Crippen LogP contribution in [0.25, 0.3) is 0 Å². The van der Waals surface area contributed by atoms with Gasteiger partial charge in [0.1, 0.15) is 17.8 Å². The molecule has 1 aromatic heterocycles. The fourth-order valence-corrected chi connectivity index (χ4v) is 2.86. The van der Waals surface area contributed by atoms with Gasteiger partial charge in [-0.15, -0.1) is 0 Å². The Bertz CT molecular complexity index is 758. The van der Waals surface area contributed by atoms with E-state index < -0.39 is 26.7 Å². The number of anilines is 1. The highest BCUT2D eigenvalue weighted by Gasteiger charge is 2.23. The van der Waals surface area contributed by atoms with Crippen LogP contribution in [0.5, 0.6) is 0 Å². The number of benzene rings is 1. The topological polar surface area (TPSA) is 157 Å². The molecule has 0 aliphatic rings. The number of hydrogen-bond donors (Lipinski definition) is 3. The van der Waals surface area contributed by atoms with E-state index >= 15 is 0 Å². The lowest BCUT2D eigenvalue weighted by Crippen LogP contribution is -2.27. The van der Waals surface area contributed by atoms with E-state index in [0.717, 1.165) is 6.07 Å². The van der Waals surface area contributed by atoms with Gasteiger partial charge >= 0.3 is 0 Å². The number of rotatable bonds is 5. The minimum absolute atomic E-state index is 0.109. The first-order chi connectivity index (χ1) is 9.81. The quantitative estimate of drug-likeness (QED) is 0.408. The van der Waals surface area contributed by atoms with Crippen LogP contribution in [0.3, 0.4) is 0 Å². The number of nitro benzene ring substituents is 1. The molecule has 2 rings (SSSR count). The molecule has 0 fully saturated rings. The molecule has 0 aliphatic heterocycles. The molecule has 1 heterocycles. The number of H-pyrrole nitrogens is 1. The molecule has 0 amide bonds. The first kappa shape index (κ1) is 14.9. The lowest BCUT2D eigenvalue weighted by molar-refractivity contribution is -0.384. The summed E-state index contributed by atoms with van der Waals surface area (Å²) in [6.07, 6.45) is 1.24. The zero-order chi connectivity index (χ0) is 15.6. The number of nitrogens with two attached hydrogens (primary N) is 1. The molecule has 2 aromatic rings. The Morgan fingerprint density at radius 3 is 2.76 bits per heavy atom. The summed E-state index contributed by atoms with van der Waals surface area (Å²) in [7, 11) is -3.96. The third-order valence-corrected chi connectivity index (χ3v) is 4.22. The molecule has 0 bridgehead atoms. The van der Waals surface area contributed by atoms with E-state index in [9.17, 15) is 18.5 Å². The molecule has 0 saturated carbocycles. The molecule has 1 atom stereocenters.